The molecule has 0 spiro atoms. The molecule has 1 saturated heterocycles. The number of hydrogen-bond donors (Lipinski definition) is 2. The third-order valence-corrected chi connectivity index (χ3v) is 2.01. The lowest BCUT2D eigenvalue weighted by Gasteiger charge is -2.45. The largest absolute Gasteiger partial charge is 0.396 e. The monoisotopic (exact) mass is 159 g/mol. The molecule has 3 heteroatoms. The Balaban J connectivity index is 2.13. The van der Waals surface area contributed by atoms with Gasteiger partial charge in [0.05, 0.1) is 5.60 Å². The van der Waals surface area contributed by atoms with Crippen LogP contribution in [0.15, 0.2) is 0 Å². The molecule has 1 atom stereocenters. The molecule has 0 aromatic heterocycles. The molecule has 0 aromatic rings. The molecule has 1 heterocycles. The average Bonchev–Trinajstić information content (AvgIpc) is 1.83. The van der Waals surface area contributed by atoms with Gasteiger partial charge in [-0.25, -0.2) is 0 Å². The van der Waals surface area contributed by atoms with Crippen LogP contribution in [0.25, 0.3) is 0 Å². The summed E-state index contributed by atoms with van der Waals surface area (Å²) in [6.07, 6.45) is 0. The number of nitrogens with zero attached hydrogens (tertiary/aromatic N) is 1. The first-order valence-electron chi connectivity index (χ1n) is 4.09. The van der Waals surface area contributed by atoms with Gasteiger partial charge in [0, 0.05) is 26.2 Å². The van der Waals surface area contributed by atoms with Gasteiger partial charge in [-0.15, -0.1) is 0 Å². The maximum Gasteiger partial charge on any atom is 0.0872 e. The summed E-state index contributed by atoms with van der Waals surface area (Å²) < 4.78 is 0. The molecular formula is C8H17NO2. The van der Waals surface area contributed by atoms with E-state index >= 15 is 0 Å². The molecule has 1 unspecified atom stereocenters. The molecule has 1 fully saturated rings. The van der Waals surface area contributed by atoms with E-state index in [4.69, 9.17) is 5.11 Å². The van der Waals surface area contributed by atoms with Gasteiger partial charge >= 0.3 is 0 Å². The summed E-state index contributed by atoms with van der Waals surface area (Å²) >= 11 is 0. The summed E-state index contributed by atoms with van der Waals surface area (Å²) in [6.45, 7) is 6.47. The molecule has 0 aromatic carbocycles. The van der Waals surface area contributed by atoms with Crippen molar-refractivity contribution < 1.29 is 10.2 Å². The number of β-amino-alcohol motifs (C(OH)–C–C–N with tert-alkyl or cyclic N) is 1. The van der Waals surface area contributed by atoms with E-state index in [1.807, 2.05) is 13.8 Å². The minimum atomic E-state index is -0.477. The number of aliphatic hydroxyl groups excluding tert-OH is 1. The summed E-state index contributed by atoms with van der Waals surface area (Å²) in [7, 11) is 0. The molecule has 3 nitrogen and oxygen atoms in total. The quantitative estimate of drug-likeness (QED) is 0.593. The van der Waals surface area contributed by atoms with Crippen LogP contribution in [0, 0.1) is 5.92 Å². The van der Waals surface area contributed by atoms with E-state index in [-0.39, 0.29) is 6.61 Å². The maximum atomic E-state index is 9.37. The van der Waals surface area contributed by atoms with Crippen LogP contribution in [-0.2, 0) is 0 Å². The third-order valence-electron chi connectivity index (χ3n) is 2.01. The van der Waals surface area contributed by atoms with Crippen molar-refractivity contribution in [3.8, 4) is 0 Å². The van der Waals surface area contributed by atoms with E-state index in [0.717, 1.165) is 19.6 Å². The van der Waals surface area contributed by atoms with Gasteiger partial charge in [0.1, 0.15) is 0 Å². The first-order valence-corrected chi connectivity index (χ1v) is 4.09. The minimum Gasteiger partial charge on any atom is -0.396 e. The smallest absolute Gasteiger partial charge is 0.0872 e. The highest BCUT2D eigenvalue weighted by molar-refractivity contribution is 4.91. The summed E-state index contributed by atoms with van der Waals surface area (Å²) in [5, 5.41) is 18.1. The molecule has 66 valence electrons. The van der Waals surface area contributed by atoms with Crippen molar-refractivity contribution in [1.29, 1.82) is 0 Å². The van der Waals surface area contributed by atoms with Gasteiger partial charge < -0.3 is 10.2 Å². The number of hydrogen-bond acceptors (Lipinski definition) is 3. The summed E-state index contributed by atoms with van der Waals surface area (Å²) in [5.74, 6) is 0.325. The van der Waals surface area contributed by atoms with Gasteiger partial charge in [-0.3, -0.25) is 4.90 Å². The third kappa shape index (κ3) is 2.43. The van der Waals surface area contributed by atoms with Gasteiger partial charge in [0.15, 0.2) is 0 Å². The second-order valence-electron chi connectivity index (χ2n) is 3.95. The van der Waals surface area contributed by atoms with Crippen molar-refractivity contribution in [3.05, 3.63) is 0 Å². The Labute approximate surface area is 67.6 Å². The highest BCUT2D eigenvalue weighted by Crippen LogP contribution is 2.20. The standard InChI is InChI=1S/C8H17NO2/c1-7(4-10)3-9-5-8(2,11)6-9/h7,10-11H,3-6H2,1-2H3. The van der Waals surface area contributed by atoms with Crippen molar-refractivity contribution >= 4 is 0 Å². The van der Waals surface area contributed by atoms with Crippen molar-refractivity contribution in [2.24, 2.45) is 5.92 Å². The zero-order valence-electron chi connectivity index (χ0n) is 7.25. The molecule has 1 rings (SSSR count). The Bertz CT molecular complexity index is 128. The van der Waals surface area contributed by atoms with Gasteiger partial charge in [-0.05, 0) is 12.8 Å². The van der Waals surface area contributed by atoms with Crippen LogP contribution in [0.4, 0.5) is 0 Å². The fraction of sp³-hybridized carbons (Fsp3) is 1.00. The molecule has 0 radical (unpaired) electrons. The van der Waals surface area contributed by atoms with Crippen LogP contribution in [-0.4, -0.2) is 47.0 Å². The number of likely N-dealkylation sites (tertiary alicyclic amines) is 1. The van der Waals surface area contributed by atoms with E-state index < -0.39 is 5.60 Å². The van der Waals surface area contributed by atoms with E-state index in [1.165, 1.54) is 0 Å². The molecule has 0 amide bonds. The maximum absolute atomic E-state index is 9.37. The van der Waals surface area contributed by atoms with Crippen molar-refractivity contribution in [2.45, 2.75) is 19.4 Å². The van der Waals surface area contributed by atoms with Crippen molar-refractivity contribution in [2.75, 3.05) is 26.2 Å². The zero-order valence-corrected chi connectivity index (χ0v) is 7.25. The molecule has 2 N–H and O–H groups in total. The Morgan fingerprint density at radius 3 is 2.45 bits per heavy atom. The zero-order chi connectivity index (χ0) is 8.48. The minimum absolute atomic E-state index is 0.235. The van der Waals surface area contributed by atoms with Crippen LogP contribution >= 0.6 is 0 Å². The summed E-state index contributed by atoms with van der Waals surface area (Å²) in [5.41, 5.74) is -0.477. The van der Waals surface area contributed by atoms with E-state index in [1.54, 1.807) is 0 Å². The fourth-order valence-electron chi connectivity index (χ4n) is 1.54. The van der Waals surface area contributed by atoms with Crippen LogP contribution in [0.2, 0.25) is 0 Å². The Hall–Kier alpha value is -0.120. The molecule has 0 aliphatic carbocycles. The van der Waals surface area contributed by atoms with Gasteiger partial charge in [-0.2, -0.15) is 0 Å². The molecule has 0 saturated carbocycles. The van der Waals surface area contributed by atoms with Gasteiger partial charge in [0.25, 0.3) is 0 Å². The van der Waals surface area contributed by atoms with Crippen LogP contribution < -0.4 is 0 Å². The second-order valence-corrected chi connectivity index (χ2v) is 3.95. The highest BCUT2D eigenvalue weighted by atomic mass is 16.3. The van der Waals surface area contributed by atoms with E-state index in [9.17, 15) is 5.11 Å². The Morgan fingerprint density at radius 1 is 1.55 bits per heavy atom. The van der Waals surface area contributed by atoms with Crippen LogP contribution in [0.5, 0.6) is 0 Å². The van der Waals surface area contributed by atoms with E-state index in [0.29, 0.717) is 5.92 Å². The fourth-order valence-corrected chi connectivity index (χ4v) is 1.54. The molecule has 0 bridgehead atoms. The topological polar surface area (TPSA) is 43.7 Å². The van der Waals surface area contributed by atoms with Gasteiger partial charge in [-0.1, -0.05) is 6.92 Å². The van der Waals surface area contributed by atoms with E-state index in [2.05, 4.69) is 4.90 Å². The Kier molecular flexibility index (Phi) is 2.52. The Morgan fingerprint density at radius 2 is 2.09 bits per heavy atom. The normalized spacial score (nSPS) is 26.2. The lowest BCUT2D eigenvalue weighted by Crippen LogP contribution is -2.60. The SMILES string of the molecule is CC(CO)CN1CC(C)(O)C1. The number of aliphatic hydroxyl groups is 2. The summed E-state index contributed by atoms with van der Waals surface area (Å²) in [4.78, 5) is 2.15. The predicted molar refractivity (Wildman–Crippen MR) is 43.3 cm³/mol. The average molecular weight is 159 g/mol. The molecular weight excluding hydrogens is 142 g/mol. The van der Waals surface area contributed by atoms with Crippen LogP contribution in [0.1, 0.15) is 13.8 Å². The lowest BCUT2D eigenvalue weighted by atomic mass is 9.95. The molecule has 1 aliphatic rings. The lowest BCUT2D eigenvalue weighted by molar-refractivity contribution is -0.0894. The number of rotatable bonds is 3. The molecule has 11 heavy (non-hydrogen) atoms. The first kappa shape index (κ1) is 8.97. The molecule has 1 aliphatic heterocycles. The predicted octanol–water partition coefficient (Wildman–Crippen LogP) is -0.319. The van der Waals surface area contributed by atoms with Gasteiger partial charge in [0.2, 0.25) is 0 Å². The van der Waals surface area contributed by atoms with Crippen LogP contribution in [0.3, 0.4) is 0 Å². The first-order chi connectivity index (χ1) is 5.03. The van der Waals surface area contributed by atoms with Crippen molar-refractivity contribution in [1.82, 2.24) is 4.90 Å². The van der Waals surface area contributed by atoms with Crippen molar-refractivity contribution in [3.63, 3.8) is 0 Å². The summed E-state index contributed by atoms with van der Waals surface area (Å²) in [6, 6.07) is 0. The second kappa shape index (κ2) is 3.09. The highest BCUT2D eigenvalue weighted by Gasteiger charge is 2.36.